The third-order valence-corrected chi connectivity index (χ3v) is 2.27. The maximum atomic E-state index is 11.0. The molecule has 0 aliphatic heterocycles. The van der Waals surface area contributed by atoms with Gasteiger partial charge in [0.15, 0.2) is 6.29 Å². The lowest BCUT2D eigenvalue weighted by atomic mass is 10.1. The summed E-state index contributed by atoms with van der Waals surface area (Å²) in [5.41, 5.74) is 2.46. The lowest BCUT2D eigenvalue weighted by molar-refractivity contribution is 0.112. The van der Waals surface area contributed by atoms with Gasteiger partial charge in [-0.1, -0.05) is 19.9 Å². The Hall–Kier alpha value is -1.64. The summed E-state index contributed by atoms with van der Waals surface area (Å²) in [6, 6.07) is 5.72. The van der Waals surface area contributed by atoms with E-state index in [0.717, 1.165) is 17.5 Å². The van der Waals surface area contributed by atoms with Crippen LogP contribution in [0.5, 0.6) is 0 Å². The van der Waals surface area contributed by atoms with E-state index in [9.17, 15) is 4.79 Å². The van der Waals surface area contributed by atoms with Crippen molar-refractivity contribution >= 4 is 11.8 Å². The second kappa shape index (κ2) is 3.25. The minimum absolute atomic E-state index is 0.273. The second-order valence-corrected chi connectivity index (χ2v) is 3.60. The first-order chi connectivity index (χ1) is 6.74. The summed E-state index contributed by atoms with van der Waals surface area (Å²) in [6.07, 6.45) is 2.74. The number of nitrogens with zero attached hydrogens (tertiary/aromatic N) is 2. The van der Waals surface area contributed by atoms with Gasteiger partial charge in [-0.15, -0.1) is 0 Å². The average molecular weight is 188 g/mol. The minimum atomic E-state index is 0.273. The van der Waals surface area contributed by atoms with Gasteiger partial charge in [0.25, 0.3) is 0 Å². The fraction of sp³-hybridized carbons (Fsp3) is 0.273. The Kier molecular flexibility index (Phi) is 2.08. The zero-order valence-electron chi connectivity index (χ0n) is 8.27. The van der Waals surface area contributed by atoms with E-state index in [0.29, 0.717) is 5.56 Å². The highest BCUT2D eigenvalue weighted by atomic mass is 16.1. The lowest BCUT2D eigenvalue weighted by Gasteiger charge is -1.98. The fourth-order valence-electron chi connectivity index (χ4n) is 1.58. The van der Waals surface area contributed by atoms with Crippen molar-refractivity contribution in [2.24, 2.45) is 0 Å². The molecule has 2 aromatic rings. The van der Waals surface area contributed by atoms with Gasteiger partial charge in [0.05, 0.1) is 16.8 Å². The molecule has 72 valence electrons. The predicted octanol–water partition coefficient (Wildman–Crippen LogP) is 2.27. The Bertz CT molecular complexity index is 471. The first-order valence-corrected chi connectivity index (χ1v) is 4.66. The Labute approximate surface area is 82.4 Å². The Morgan fingerprint density at radius 1 is 1.43 bits per heavy atom. The molecule has 0 fully saturated rings. The Morgan fingerprint density at radius 3 is 2.86 bits per heavy atom. The summed E-state index contributed by atoms with van der Waals surface area (Å²) < 4.78 is 1.75. The number of fused-ring (bicyclic) bond motifs is 1. The zero-order chi connectivity index (χ0) is 10.1. The summed E-state index contributed by atoms with van der Waals surface area (Å²) in [6.45, 7) is 4.07. The number of carbonyl (C=O) groups is 1. The molecule has 0 aromatic carbocycles. The second-order valence-electron chi connectivity index (χ2n) is 3.60. The summed E-state index contributed by atoms with van der Waals surface area (Å²) in [5.74, 6) is 0.273. The van der Waals surface area contributed by atoms with Gasteiger partial charge in [-0.25, -0.2) is 4.52 Å². The van der Waals surface area contributed by atoms with Crippen molar-refractivity contribution < 1.29 is 4.79 Å². The van der Waals surface area contributed by atoms with Crippen molar-refractivity contribution in [2.45, 2.75) is 19.8 Å². The van der Waals surface area contributed by atoms with E-state index in [2.05, 4.69) is 5.10 Å². The highest BCUT2D eigenvalue weighted by Crippen LogP contribution is 2.20. The molecule has 0 aliphatic rings. The van der Waals surface area contributed by atoms with E-state index in [-0.39, 0.29) is 5.92 Å². The maximum absolute atomic E-state index is 11.0. The van der Waals surface area contributed by atoms with Crippen molar-refractivity contribution in [1.29, 1.82) is 0 Å². The third kappa shape index (κ3) is 1.21. The van der Waals surface area contributed by atoms with Gasteiger partial charge < -0.3 is 0 Å². The summed E-state index contributed by atoms with van der Waals surface area (Å²) in [7, 11) is 0. The van der Waals surface area contributed by atoms with E-state index in [4.69, 9.17) is 0 Å². The van der Waals surface area contributed by atoms with Crippen LogP contribution < -0.4 is 0 Å². The van der Waals surface area contributed by atoms with Crippen molar-refractivity contribution in [3.63, 3.8) is 0 Å². The highest BCUT2D eigenvalue weighted by molar-refractivity contribution is 5.87. The SMILES string of the molecule is CC(C)c1nn2ccccc2c1C=O. The lowest BCUT2D eigenvalue weighted by Crippen LogP contribution is -1.92. The van der Waals surface area contributed by atoms with Crippen molar-refractivity contribution in [3.8, 4) is 0 Å². The average Bonchev–Trinajstić information content (AvgIpc) is 2.56. The highest BCUT2D eigenvalue weighted by Gasteiger charge is 2.13. The van der Waals surface area contributed by atoms with Gasteiger partial charge in [0.2, 0.25) is 0 Å². The van der Waals surface area contributed by atoms with Gasteiger partial charge in [-0.3, -0.25) is 4.79 Å². The number of rotatable bonds is 2. The predicted molar refractivity (Wildman–Crippen MR) is 54.7 cm³/mol. The molecular formula is C11H12N2O. The molecule has 0 unspecified atom stereocenters. The Balaban J connectivity index is 2.78. The van der Waals surface area contributed by atoms with Gasteiger partial charge in [-0.2, -0.15) is 5.10 Å². The molecule has 2 aromatic heterocycles. The smallest absolute Gasteiger partial charge is 0.154 e. The number of hydrogen-bond donors (Lipinski definition) is 0. The topological polar surface area (TPSA) is 34.4 Å². The van der Waals surface area contributed by atoms with Crippen LogP contribution in [-0.4, -0.2) is 15.9 Å². The number of hydrogen-bond acceptors (Lipinski definition) is 2. The van der Waals surface area contributed by atoms with E-state index >= 15 is 0 Å². The number of aromatic nitrogens is 2. The molecule has 0 aliphatic carbocycles. The van der Waals surface area contributed by atoms with Crippen molar-refractivity contribution in [1.82, 2.24) is 9.61 Å². The van der Waals surface area contributed by atoms with E-state index in [1.807, 2.05) is 38.2 Å². The molecule has 0 radical (unpaired) electrons. The van der Waals surface area contributed by atoms with Crippen LogP contribution in [0.1, 0.15) is 35.8 Å². The van der Waals surface area contributed by atoms with Crippen LogP contribution in [-0.2, 0) is 0 Å². The molecular weight excluding hydrogens is 176 g/mol. The molecule has 2 heterocycles. The van der Waals surface area contributed by atoms with Crippen LogP contribution in [0, 0.1) is 0 Å². The van der Waals surface area contributed by atoms with E-state index < -0.39 is 0 Å². The van der Waals surface area contributed by atoms with Gasteiger partial charge in [0, 0.05) is 6.20 Å². The molecule has 3 nitrogen and oxygen atoms in total. The molecule has 0 atom stereocenters. The van der Waals surface area contributed by atoms with Crippen molar-refractivity contribution in [3.05, 3.63) is 35.7 Å². The number of carbonyl (C=O) groups excluding carboxylic acids is 1. The number of aldehydes is 1. The molecule has 0 bridgehead atoms. The fourth-order valence-corrected chi connectivity index (χ4v) is 1.58. The molecule has 0 amide bonds. The minimum Gasteiger partial charge on any atom is -0.298 e. The molecule has 3 heteroatoms. The van der Waals surface area contributed by atoms with Gasteiger partial charge in [0.1, 0.15) is 0 Å². The monoisotopic (exact) mass is 188 g/mol. The molecule has 0 saturated carbocycles. The van der Waals surface area contributed by atoms with Gasteiger partial charge in [-0.05, 0) is 18.1 Å². The Morgan fingerprint density at radius 2 is 2.21 bits per heavy atom. The molecule has 0 saturated heterocycles. The quantitative estimate of drug-likeness (QED) is 0.677. The first kappa shape index (κ1) is 8.94. The van der Waals surface area contributed by atoms with Crippen LogP contribution >= 0.6 is 0 Å². The summed E-state index contributed by atoms with van der Waals surface area (Å²) in [4.78, 5) is 11.0. The standard InChI is InChI=1S/C11H12N2O/c1-8(2)11-9(7-14)10-5-3-4-6-13(10)12-11/h3-8H,1-2H3. The normalized spacial score (nSPS) is 11.1. The molecule has 0 spiro atoms. The first-order valence-electron chi connectivity index (χ1n) is 4.66. The number of pyridine rings is 1. The zero-order valence-corrected chi connectivity index (χ0v) is 8.27. The van der Waals surface area contributed by atoms with E-state index in [1.165, 1.54) is 0 Å². The largest absolute Gasteiger partial charge is 0.298 e. The van der Waals surface area contributed by atoms with Crippen LogP contribution in [0.25, 0.3) is 5.52 Å². The van der Waals surface area contributed by atoms with Crippen molar-refractivity contribution in [2.75, 3.05) is 0 Å². The summed E-state index contributed by atoms with van der Waals surface area (Å²) >= 11 is 0. The van der Waals surface area contributed by atoms with Crippen LogP contribution in [0.15, 0.2) is 24.4 Å². The summed E-state index contributed by atoms with van der Waals surface area (Å²) in [5, 5.41) is 4.37. The van der Waals surface area contributed by atoms with Crippen LogP contribution in [0.3, 0.4) is 0 Å². The van der Waals surface area contributed by atoms with Crippen LogP contribution in [0.4, 0.5) is 0 Å². The maximum Gasteiger partial charge on any atom is 0.154 e. The van der Waals surface area contributed by atoms with Crippen LogP contribution in [0.2, 0.25) is 0 Å². The molecule has 14 heavy (non-hydrogen) atoms. The molecule has 0 N–H and O–H groups in total. The third-order valence-electron chi connectivity index (χ3n) is 2.27. The van der Waals surface area contributed by atoms with Gasteiger partial charge >= 0.3 is 0 Å². The van der Waals surface area contributed by atoms with E-state index in [1.54, 1.807) is 4.52 Å². The molecule has 2 rings (SSSR count).